The second-order valence-electron chi connectivity index (χ2n) is 7.84. The number of alkyl halides is 2. The predicted molar refractivity (Wildman–Crippen MR) is 123 cm³/mol. The van der Waals surface area contributed by atoms with Gasteiger partial charge in [-0.2, -0.15) is 0 Å². The van der Waals surface area contributed by atoms with Gasteiger partial charge in [-0.1, -0.05) is 92.9 Å². The molecule has 156 valence electrons. The van der Waals surface area contributed by atoms with Crippen LogP contribution in [-0.2, 0) is 4.79 Å². The van der Waals surface area contributed by atoms with Crippen molar-refractivity contribution in [2.75, 3.05) is 0 Å². The molecular formula is C23H33BrClNO2. The number of aliphatic carboxylic acids is 1. The first-order chi connectivity index (χ1) is 13.5. The zero-order valence-electron chi connectivity index (χ0n) is 17.0. The number of hydrogen-bond donors (Lipinski definition) is 2. The Bertz CT molecular complexity index is 699. The average Bonchev–Trinajstić information content (AvgIpc) is 3.10. The highest BCUT2D eigenvalue weighted by atomic mass is 79.9. The lowest BCUT2D eigenvalue weighted by atomic mass is 9.85. The van der Waals surface area contributed by atoms with Crippen LogP contribution in [0, 0.1) is 5.92 Å². The Morgan fingerprint density at radius 1 is 1.14 bits per heavy atom. The maximum Gasteiger partial charge on any atom is 0.306 e. The maximum absolute atomic E-state index is 11.8. The number of unbranched alkanes of at least 4 members (excludes halogenated alkanes) is 6. The molecule has 2 aromatic rings. The van der Waals surface area contributed by atoms with Crippen molar-refractivity contribution in [1.29, 1.82) is 0 Å². The summed E-state index contributed by atoms with van der Waals surface area (Å²) in [5, 5.41) is 10.4. The third kappa shape index (κ3) is 6.52. The first kappa shape index (κ1) is 23.3. The van der Waals surface area contributed by atoms with E-state index in [2.05, 4.69) is 27.8 Å². The van der Waals surface area contributed by atoms with Crippen molar-refractivity contribution in [1.82, 2.24) is 4.98 Å². The molecule has 0 fully saturated rings. The number of carbonyl (C=O) groups is 1. The minimum Gasteiger partial charge on any atom is -0.481 e. The fourth-order valence-electron chi connectivity index (χ4n) is 3.83. The van der Waals surface area contributed by atoms with Crippen LogP contribution in [0.15, 0.2) is 30.3 Å². The van der Waals surface area contributed by atoms with E-state index in [1.165, 1.54) is 38.5 Å². The number of aromatic nitrogens is 1. The zero-order chi connectivity index (χ0) is 20.5. The molecule has 1 aromatic carbocycles. The number of fused-ring (bicyclic) bond motifs is 1. The molecule has 0 amide bonds. The number of para-hydroxylation sites is 1. The predicted octanol–water partition coefficient (Wildman–Crippen LogP) is 7.48. The van der Waals surface area contributed by atoms with Crippen LogP contribution >= 0.6 is 27.5 Å². The number of benzene rings is 1. The Labute approximate surface area is 182 Å². The van der Waals surface area contributed by atoms with Crippen molar-refractivity contribution >= 4 is 44.4 Å². The molecule has 0 radical (unpaired) electrons. The van der Waals surface area contributed by atoms with Crippen molar-refractivity contribution in [3.63, 3.8) is 0 Å². The topological polar surface area (TPSA) is 53.1 Å². The highest BCUT2D eigenvalue weighted by Crippen LogP contribution is 2.38. The number of H-pyrrole nitrogens is 1. The molecule has 0 aliphatic heterocycles. The van der Waals surface area contributed by atoms with Crippen molar-refractivity contribution < 1.29 is 9.90 Å². The highest BCUT2D eigenvalue weighted by Gasteiger charge is 2.36. The molecule has 0 spiro atoms. The van der Waals surface area contributed by atoms with Crippen LogP contribution < -0.4 is 0 Å². The standard InChI is InChI=1S/C23H33BrClNO2/c1-3-4-5-6-7-8-9-13-18(24)22(25)21(16(2)23(27)28)20-15-17-12-10-11-14-19(17)26-20/h10-12,14-16,18,21-22,26H,3-9,13H2,1-2H3,(H,27,28). The zero-order valence-corrected chi connectivity index (χ0v) is 19.3. The summed E-state index contributed by atoms with van der Waals surface area (Å²) in [6.07, 6.45) is 9.78. The highest BCUT2D eigenvalue weighted by molar-refractivity contribution is 9.09. The molecule has 0 bridgehead atoms. The lowest BCUT2D eigenvalue weighted by molar-refractivity contribution is -0.141. The summed E-state index contributed by atoms with van der Waals surface area (Å²) in [4.78, 5) is 15.2. The maximum atomic E-state index is 11.8. The summed E-state index contributed by atoms with van der Waals surface area (Å²) >= 11 is 10.6. The largest absolute Gasteiger partial charge is 0.481 e. The van der Waals surface area contributed by atoms with Gasteiger partial charge >= 0.3 is 5.97 Å². The smallest absolute Gasteiger partial charge is 0.306 e. The minimum atomic E-state index is -0.815. The molecule has 0 aliphatic rings. The molecule has 2 N–H and O–H groups in total. The van der Waals surface area contributed by atoms with Gasteiger partial charge < -0.3 is 10.1 Å². The van der Waals surface area contributed by atoms with Gasteiger partial charge in [0, 0.05) is 22.0 Å². The van der Waals surface area contributed by atoms with Gasteiger partial charge in [-0.15, -0.1) is 11.6 Å². The van der Waals surface area contributed by atoms with Gasteiger partial charge in [0.15, 0.2) is 0 Å². The van der Waals surface area contributed by atoms with E-state index in [9.17, 15) is 9.90 Å². The number of nitrogens with one attached hydrogen (secondary N) is 1. The lowest BCUT2D eigenvalue weighted by Crippen LogP contribution is -2.31. The molecule has 0 saturated heterocycles. The molecule has 0 aliphatic carbocycles. The molecule has 0 saturated carbocycles. The van der Waals surface area contributed by atoms with E-state index in [0.717, 1.165) is 29.4 Å². The first-order valence-corrected chi connectivity index (χ1v) is 11.9. The Morgan fingerprint density at radius 2 is 1.79 bits per heavy atom. The van der Waals surface area contributed by atoms with Crippen LogP contribution in [0.1, 0.15) is 76.8 Å². The monoisotopic (exact) mass is 469 g/mol. The molecule has 1 heterocycles. The molecule has 28 heavy (non-hydrogen) atoms. The Kier molecular flexibility index (Phi) is 9.87. The molecule has 3 nitrogen and oxygen atoms in total. The van der Waals surface area contributed by atoms with Gasteiger partial charge in [0.2, 0.25) is 0 Å². The van der Waals surface area contributed by atoms with Crippen LogP contribution in [0.4, 0.5) is 0 Å². The van der Waals surface area contributed by atoms with Crippen LogP contribution in [0.5, 0.6) is 0 Å². The molecule has 1 aromatic heterocycles. The Morgan fingerprint density at radius 3 is 2.43 bits per heavy atom. The van der Waals surface area contributed by atoms with Crippen molar-refractivity contribution in [3.8, 4) is 0 Å². The Balaban J connectivity index is 2.01. The van der Waals surface area contributed by atoms with E-state index >= 15 is 0 Å². The summed E-state index contributed by atoms with van der Waals surface area (Å²) in [5.74, 6) is -1.66. The molecular weight excluding hydrogens is 438 g/mol. The van der Waals surface area contributed by atoms with Gasteiger partial charge in [0.1, 0.15) is 0 Å². The van der Waals surface area contributed by atoms with Gasteiger partial charge in [0.05, 0.1) is 11.3 Å². The molecule has 4 atom stereocenters. The molecule has 5 heteroatoms. The average molecular weight is 471 g/mol. The first-order valence-electron chi connectivity index (χ1n) is 10.5. The van der Waals surface area contributed by atoms with Crippen molar-refractivity contribution in [2.45, 2.75) is 81.3 Å². The SMILES string of the molecule is CCCCCCCCCC(Br)C(Cl)C(c1cc2ccccc2[nH]1)C(C)C(=O)O. The van der Waals surface area contributed by atoms with E-state index in [4.69, 9.17) is 11.6 Å². The minimum absolute atomic E-state index is 0.0861. The van der Waals surface area contributed by atoms with E-state index in [1.54, 1.807) is 6.92 Å². The number of hydrogen-bond acceptors (Lipinski definition) is 1. The normalized spacial score (nSPS) is 16.0. The molecule has 2 rings (SSSR count). The van der Waals surface area contributed by atoms with Crippen molar-refractivity contribution in [3.05, 3.63) is 36.0 Å². The lowest BCUT2D eigenvalue weighted by Gasteiger charge is -2.28. The number of rotatable bonds is 13. The van der Waals surface area contributed by atoms with Gasteiger partial charge in [-0.3, -0.25) is 4.79 Å². The second kappa shape index (κ2) is 11.9. The van der Waals surface area contributed by atoms with Crippen LogP contribution in [0.3, 0.4) is 0 Å². The van der Waals surface area contributed by atoms with E-state index in [1.807, 2.05) is 30.3 Å². The third-order valence-electron chi connectivity index (χ3n) is 5.61. The summed E-state index contributed by atoms with van der Waals surface area (Å²) in [7, 11) is 0. The van der Waals surface area contributed by atoms with Crippen LogP contribution in [-0.4, -0.2) is 26.3 Å². The summed E-state index contributed by atoms with van der Waals surface area (Å²) < 4.78 is 0. The summed E-state index contributed by atoms with van der Waals surface area (Å²) in [6.45, 7) is 3.99. The number of carboxylic acid groups (broad SMARTS) is 1. The van der Waals surface area contributed by atoms with Gasteiger partial charge in [0.25, 0.3) is 0 Å². The number of aromatic amines is 1. The van der Waals surface area contributed by atoms with Gasteiger partial charge in [-0.25, -0.2) is 0 Å². The fourth-order valence-corrected chi connectivity index (χ4v) is 4.96. The third-order valence-corrected chi connectivity index (χ3v) is 7.52. The quantitative estimate of drug-likeness (QED) is 0.235. The van der Waals surface area contributed by atoms with Gasteiger partial charge in [-0.05, 0) is 23.9 Å². The van der Waals surface area contributed by atoms with Crippen LogP contribution in [0.25, 0.3) is 10.9 Å². The van der Waals surface area contributed by atoms with E-state index in [0.29, 0.717) is 0 Å². The fraction of sp³-hybridized carbons (Fsp3) is 0.609. The van der Waals surface area contributed by atoms with Crippen LogP contribution in [0.2, 0.25) is 0 Å². The molecule has 4 unspecified atom stereocenters. The Hall–Kier alpha value is -1.00. The van der Waals surface area contributed by atoms with Crippen molar-refractivity contribution in [2.24, 2.45) is 5.92 Å². The number of carboxylic acids is 1. The van der Waals surface area contributed by atoms with E-state index in [-0.39, 0.29) is 16.1 Å². The summed E-state index contributed by atoms with van der Waals surface area (Å²) in [6, 6.07) is 10.0. The second-order valence-corrected chi connectivity index (χ2v) is 9.52. The summed E-state index contributed by atoms with van der Waals surface area (Å²) in [5.41, 5.74) is 1.92. The van der Waals surface area contributed by atoms with E-state index < -0.39 is 11.9 Å². The number of halogens is 2.